The first-order chi connectivity index (χ1) is 15.5. The van der Waals surface area contributed by atoms with E-state index in [-0.39, 0.29) is 18.2 Å². The monoisotopic (exact) mass is 426 g/mol. The fourth-order valence-corrected chi connectivity index (χ4v) is 3.87. The van der Waals surface area contributed by atoms with E-state index in [1.54, 1.807) is 19.4 Å². The fourth-order valence-electron chi connectivity index (χ4n) is 3.87. The third kappa shape index (κ3) is 4.05. The number of rotatable bonds is 0. The highest BCUT2D eigenvalue weighted by Crippen LogP contribution is 2.30. The highest BCUT2D eigenvalue weighted by Gasteiger charge is 2.18. The van der Waals surface area contributed by atoms with Gasteiger partial charge >= 0.3 is 0 Å². The van der Waals surface area contributed by atoms with E-state index < -0.39 is 6.04 Å². The lowest BCUT2D eigenvalue weighted by Gasteiger charge is -2.16. The zero-order valence-corrected chi connectivity index (χ0v) is 17.5. The molecule has 0 fully saturated rings. The highest BCUT2D eigenvalue weighted by atomic mass is 16.5. The van der Waals surface area contributed by atoms with Gasteiger partial charge < -0.3 is 19.9 Å². The summed E-state index contributed by atoms with van der Waals surface area (Å²) in [5.41, 5.74) is 2.45. The minimum Gasteiger partial charge on any atom is -0.457 e. The van der Waals surface area contributed by atoms with Gasteiger partial charge in [-0.05, 0) is 48.2 Å². The third-order valence-corrected chi connectivity index (χ3v) is 5.51. The van der Waals surface area contributed by atoms with Crippen LogP contribution in [0.25, 0.3) is 10.8 Å². The van der Waals surface area contributed by atoms with Crippen molar-refractivity contribution in [3.8, 4) is 11.5 Å². The number of carbonyl (C=O) groups excluding carboxylic acids is 2. The van der Waals surface area contributed by atoms with Crippen LogP contribution in [0.3, 0.4) is 0 Å². The van der Waals surface area contributed by atoms with Crippen molar-refractivity contribution in [3.05, 3.63) is 84.4 Å². The molecule has 2 amide bonds. The quantitative estimate of drug-likeness (QED) is 0.447. The molecular formula is C25H22N4O3. The summed E-state index contributed by atoms with van der Waals surface area (Å²) in [5, 5.41) is 7.55. The zero-order chi connectivity index (χ0) is 22.1. The Bertz CT molecular complexity index is 1330. The van der Waals surface area contributed by atoms with Crippen molar-refractivity contribution in [3.63, 3.8) is 0 Å². The summed E-state index contributed by atoms with van der Waals surface area (Å²) in [6.07, 6.45) is 3.50. The van der Waals surface area contributed by atoms with Gasteiger partial charge in [-0.1, -0.05) is 30.3 Å². The van der Waals surface area contributed by atoms with Crippen molar-refractivity contribution in [2.45, 2.75) is 25.9 Å². The van der Waals surface area contributed by atoms with Gasteiger partial charge in [-0.3, -0.25) is 9.59 Å². The van der Waals surface area contributed by atoms with Crippen molar-refractivity contribution < 1.29 is 14.3 Å². The standard InChI is InChI=1S/C25H22N4O3/c1-16-25(31)28-23-7-3-5-18-8-9-21(12-22(18)23)32-20-6-2-4-17(10-20)14-29-15-26-13-19(29)11-24(30)27-16/h2-10,12-13,15-16H,11,14H2,1H3,(H,27,30)(H,28,31). The molecule has 1 atom stereocenters. The number of carbonyl (C=O) groups is 2. The highest BCUT2D eigenvalue weighted by molar-refractivity contribution is 6.05. The summed E-state index contributed by atoms with van der Waals surface area (Å²) in [6.45, 7) is 2.22. The maximum atomic E-state index is 12.8. The minimum atomic E-state index is -0.695. The van der Waals surface area contributed by atoms with Gasteiger partial charge in [0.05, 0.1) is 12.7 Å². The van der Waals surface area contributed by atoms with Gasteiger partial charge in [-0.25, -0.2) is 4.98 Å². The molecule has 1 unspecified atom stereocenters. The lowest BCUT2D eigenvalue weighted by atomic mass is 10.1. The molecule has 1 aromatic heterocycles. The summed E-state index contributed by atoms with van der Waals surface area (Å²) in [5.74, 6) is 0.851. The lowest BCUT2D eigenvalue weighted by molar-refractivity contribution is -0.125. The normalized spacial score (nSPS) is 16.6. The van der Waals surface area contributed by atoms with E-state index in [1.807, 2.05) is 65.2 Å². The summed E-state index contributed by atoms with van der Waals surface area (Å²) >= 11 is 0. The topological polar surface area (TPSA) is 85.2 Å². The van der Waals surface area contributed by atoms with Gasteiger partial charge in [-0.15, -0.1) is 0 Å². The minimum absolute atomic E-state index is 0.129. The lowest BCUT2D eigenvalue weighted by Crippen LogP contribution is -2.42. The number of hydrogen-bond donors (Lipinski definition) is 2. The van der Waals surface area contributed by atoms with Crippen molar-refractivity contribution >= 4 is 28.3 Å². The predicted octanol–water partition coefficient (Wildman–Crippen LogP) is 3.88. The summed E-state index contributed by atoms with van der Waals surface area (Å²) < 4.78 is 8.06. The van der Waals surface area contributed by atoms with Crippen LogP contribution in [0, 0.1) is 0 Å². The van der Waals surface area contributed by atoms with Crippen LogP contribution in [0.15, 0.2) is 73.2 Å². The molecule has 7 heteroatoms. The fraction of sp³-hybridized carbons (Fsp3) is 0.160. The van der Waals surface area contributed by atoms with E-state index in [0.29, 0.717) is 23.7 Å². The van der Waals surface area contributed by atoms with Crippen LogP contribution in [0.2, 0.25) is 0 Å². The first kappa shape index (κ1) is 19.8. The molecular weight excluding hydrogens is 404 g/mol. The van der Waals surface area contributed by atoms with E-state index in [9.17, 15) is 9.59 Å². The van der Waals surface area contributed by atoms with E-state index in [2.05, 4.69) is 15.6 Å². The molecule has 32 heavy (non-hydrogen) atoms. The molecule has 4 bridgehead atoms. The van der Waals surface area contributed by atoms with Crippen molar-refractivity contribution in [2.24, 2.45) is 0 Å². The molecule has 2 N–H and O–H groups in total. The Labute approximate surface area is 185 Å². The number of aromatic nitrogens is 2. The number of benzene rings is 3. The van der Waals surface area contributed by atoms with Crippen LogP contribution in [-0.2, 0) is 22.6 Å². The molecule has 160 valence electrons. The summed E-state index contributed by atoms with van der Waals surface area (Å²) in [6, 6.07) is 18.6. The van der Waals surface area contributed by atoms with Crippen LogP contribution in [0.1, 0.15) is 18.2 Å². The Morgan fingerprint density at radius 1 is 1.03 bits per heavy atom. The van der Waals surface area contributed by atoms with Gasteiger partial charge in [0.25, 0.3) is 0 Å². The number of imidazole rings is 1. The van der Waals surface area contributed by atoms with Gasteiger partial charge in [0.15, 0.2) is 0 Å². The van der Waals surface area contributed by atoms with Gasteiger partial charge in [0.1, 0.15) is 17.5 Å². The van der Waals surface area contributed by atoms with Crippen molar-refractivity contribution in [1.82, 2.24) is 14.9 Å². The molecule has 0 spiro atoms. The van der Waals surface area contributed by atoms with Gasteiger partial charge in [0.2, 0.25) is 11.8 Å². The molecule has 7 nitrogen and oxygen atoms in total. The molecule has 0 radical (unpaired) electrons. The second kappa shape index (κ2) is 8.19. The Kier molecular flexibility index (Phi) is 5.07. The van der Waals surface area contributed by atoms with E-state index in [4.69, 9.17) is 4.74 Å². The zero-order valence-electron chi connectivity index (χ0n) is 17.5. The average molecular weight is 426 g/mol. The average Bonchev–Trinajstić information content (AvgIpc) is 3.20. The molecule has 3 aromatic carbocycles. The van der Waals surface area contributed by atoms with Gasteiger partial charge in [-0.2, -0.15) is 0 Å². The van der Waals surface area contributed by atoms with Crippen LogP contribution in [0.4, 0.5) is 5.69 Å². The maximum Gasteiger partial charge on any atom is 0.246 e. The van der Waals surface area contributed by atoms with Crippen LogP contribution < -0.4 is 15.4 Å². The molecule has 0 saturated carbocycles. The third-order valence-electron chi connectivity index (χ3n) is 5.51. The molecule has 5 rings (SSSR count). The molecule has 1 aliphatic heterocycles. The summed E-state index contributed by atoms with van der Waals surface area (Å²) in [7, 11) is 0. The maximum absolute atomic E-state index is 12.8. The number of amides is 2. The first-order valence-electron chi connectivity index (χ1n) is 10.4. The largest absolute Gasteiger partial charge is 0.457 e. The van der Waals surface area contributed by atoms with Crippen LogP contribution in [0.5, 0.6) is 11.5 Å². The Morgan fingerprint density at radius 3 is 2.78 bits per heavy atom. The second-order valence-corrected chi connectivity index (χ2v) is 7.91. The number of anilines is 1. The summed E-state index contributed by atoms with van der Waals surface area (Å²) in [4.78, 5) is 29.6. The van der Waals surface area contributed by atoms with Crippen molar-refractivity contribution in [1.29, 1.82) is 0 Å². The SMILES string of the molecule is CC1NC(=O)Cc2cncn2Cc2cccc(c2)Oc2ccc3cccc(c3c2)NC1=O. The molecule has 4 aromatic rings. The Balaban J connectivity index is 1.58. The van der Waals surface area contributed by atoms with Crippen LogP contribution in [-0.4, -0.2) is 27.4 Å². The van der Waals surface area contributed by atoms with Gasteiger partial charge in [0, 0.05) is 29.5 Å². The number of nitrogens with zero attached hydrogens (tertiary/aromatic N) is 2. The van der Waals surface area contributed by atoms with Crippen LogP contribution >= 0.6 is 0 Å². The smallest absolute Gasteiger partial charge is 0.246 e. The molecule has 2 heterocycles. The van der Waals surface area contributed by atoms with Crippen molar-refractivity contribution in [2.75, 3.05) is 5.32 Å². The Hall–Kier alpha value is -4.13. The molecule has 1 aliphatic rings. The van der Waals surface area contributed by atoms with E-state index in [0.717, 1.165) is 22.0 Å². The van der Waals surface area contributed by atoms with E-state index >= 15 is 0 Å². The Morgan fingerprint density at radius 2 is 1.88 bits per heavy atom. The second-order valence-electron chi connectivity index (χ2n) is 7.91. The molecule has 0 saturated heterocycles. The number of ether oxygens (including phenoxy) is 1. The predicted molar refractivity (Wildman–Crippen MR) is 122 cm³/mol. The first-order valence-corrected chi connectivity index (χ1v) is 10.4. The van der Waals surface area contributed by atoms with E-state index in [1.165, 1.54) is 0 Å². The molecule has 0 aliphatic carbocycles. The number of hydrogen-bond acceptors (Lipinski definition) is 4. The number of fused-ring (bicyclic) bond motifs is 4. The number of nitrogens with one attached hydrogen (secondary N) is 2.